The van der Waals surface area contributed by atoms with Gasteiger partial charge in [-0.2, -0.15) is 0 Å². The van der Waals surface area contributed by atoms with E-state index in [4.69, 9.17) is 0 Å². The zero-order valence-electron chi connectivity index (χ0n) is 28.0. The van der Waals surface area contributed by atoms with Gasteiger partial charge in [0.25, 0.3) is 0 Å². The summed E-state index contributed by atoms with van der Waals surface area (Å²) in [5.41, 5.74) is 13.9. The molecule has 1 heterocycles. The first-order valence-corrected chi connectivity index (χ1v) is 17.6. The molecule has 0 amide bonds. The van der Waals surface area contributed by atoms with Gasteiger partial charge in [0.15, 0.2) is 0 Å². The molecule has 1 aliphatic carbocycles. The maximum absolute atomic E-state index is 2.63. The monoisotopic (exact) mass is 650 g/mol. The molecule has 0 N–H and O–H groups in total. The van der Waals surface area contributed by atoms with Gasteiger partial charge in [0.05, 0.1) is 16.7 Å². The highest BCUT2D eigenvalue weighted by atomic mass is 15.2. The number of nitrogens with zero attached hydrogens (tertiary/aromatic N) is 2. The van der Waals surface area contributed by atoms with Crippen LogP contribution in [0.2, 0.25) is 0 Å². The van der Waals surface area contributed by atoms with Crippen LogP contribution in [0.1, 0.15) is 16.7 Å². The largest absolute Gasteiger partial charge is 0.322 e. The van der Waals surface area contributed by atoms with Crippen LogP contribution in [-0.4, -0.2) is 4.57 Å². The molecule has 0 saturated carbocycles. The molecule has 240 valence electrons. The maximum Gasteiger partial charge on any atom is 0.122 e. The summed E-state index contributed by atoms with van der Waals surface area (Å²) in [5.74, 6) is 0. The minimum Gasteiger partial charge on any atom is -0.322 e. The van der Waals surface area contributed by atoms with Gasteiger partial charge in [0.2, 0.25) is 0 Å². The minimum atomic E-state index is -0.603. The van der Waals surface area contributed by atoms with Crippen molar-refractivity contribution in [3.8, 4) is 22.3 Å². The van der Waals surface area contributed by atoms with E-state index < -0.39 is 5.54 Å². The first-order chi connectivity index (χ1) is 25.3. The van der Waals surface area contributed by atoms with E-state index in [2.05, 4.69) is 216 Å². The average molecular weight is 651 g/mol. The summed E-state index contributed by atoms with van der Waals surface area (Å²) in [7, 11) is 0. The Balaban J connectivity index is 1.33. The lowest BCUT2D eigenvalue weighted by molar-refractivity contribution is 0.564. The normalized spacial score (nSPS) is 12.9. The molecule has 0 radical (unpaired) electrons. The number of benzene rings is 8. The molecule has 0 atom stereocenters. The predicted octanol–water partition coefficient (Wildman–Crippen LogP) is 12.8. The third kappa shape index (κ3) is 4.36. The molecule has 0 aliphatic heterocycles. The zero-order valence-corrected chi connectivity index (χ0v) is 28.0. The molecule has 0 unspecified atom stereocenters. The van der Waals surface area contributed by atoms with E-state index in [1.807, 2.05) is 0 Å². The Morgan fingerprint density at radius 1 is 0.373 bits per heavy atom. The van der Waals surface area contributed by atoms with Gasteiger partial charge in [-0.1, -0.05) is 170 Å². The van der Waals surface area contributed by atoms with E-state index in [-0.39, 0.29) is 0 Å². The SMILES string of the molecule is c1ccc(-c2ccccc2N(c2ccccc2)c2ccc3c4ccccc4n(C4(c5ccccc5)c5ccccc5-c5ccccc54)c3c2)cc1. The summed E-state index contributed by atoms with van der Waals surface area (Å²) >= 11 is 0. The fourth-order valence-electron chi connectivity index (χ4n) is 8.57. The van der Waals surface area contributed by atoms with E-state index in [0.717, 1.165) is 17.1 Å². The average Bonchev–Trinajstić information content (AvgIpc) is 3.70. The van der Waals surface area contributed by atoms with E-state index in [1.165, 1.54) is 60.8 Å². The van der Waals surface area contributed by atoms with Crippen LogP contribution in [0.5, 0.6) is 0 Å². The quantitative estimate of drug-likeness (QED) is 0.174. The van der Waals surface area contributed by atoms with Crippen molar-refractivity contribution >= 4 is 38.9 Å². The third-order valence-corrected chi connectivity index (χ3v) is 10.6. The molecular formula is C49H34N2. The van der Waals surface area contributed by atoms with Crippen molar-refractivity contribution in [3.63, 3.8) is 0 Å². The molecule has 8 aromatic carbocycles. The Morgan fingerprint density at radius 3 is 1.61 bits per heavy atom. The standard InChI is InChI=1S/C49H34N2/c1-4-18-35(19-5-1)39-24-12-16-30-46(39)50(37-22-8-3-9-23-37)38-32-33-43-42-27-13-17-31-47(42)51(48(43)34-38)49(36-20-6-2-7-21-36)44-28-14-10-25-40(44)41-26-11-15-29-45(41)49/h1-34H. The Morgan fingerprint density at radius 2 is 0.902 bits per heavy atom. The summed E-state index contributed by atoms with van der Waals surface area (Å²) in [6, 6.07) is 75.2. The lowest BCUT2D eigenvalue weighted by atomic mass is 9.80. The lowest BCUT2D eigenvalue weighted by Crippen LogP contribution is -2.35. The van der Waals surface area contributed by atoms with Crippen molar-refractivity contribution in [2.24, 2.45) is 0 Å². The number of anilines is 3. The van der Waals surface area contributed by atoms with Crippen molar-refractivity contribution in [3.05, 3.63) is 223 Å². The smallest absolute Gasteiger partial charge is 0.122 e. The number of hydrogen-bond acceptors (Lipinski definition) is 1. The topological polar surface area (TPSA) is 8.17 Å². The highest BCUT2D eigenvalue weighted by molar-refractivity contribution is 6.10. The Hall–Kier alpha value is -6.64. The van der Waals surface area contributed by atoms with Crippen molar-refractivity contribution < 1.29 is 0 Å². The summed E-state index contributed by atoms with van der Waals surface area (Å²) in [5, 5.41) is 2.48. The van der Waals surface area contributed by atoms with E-state index >= 15 is 0 Å². The second-order valence-electron chi connectivity index (χ2n) is 13.3. The van der Waals surface area contributed by atoms with Crippen LogP contribution < -0.4 is 4.90 Å². The number of rotatable bonds is 6. The third-order valence-electron chi connectivity index (χ3n) is 10.6. The number of para-hydroxylation sites is 3. The lowest BCUT2D eigenvalue weighted by Gasteiger charge is -2.36. The van der Waals surface area contributed by atoms with Crippen molar-refractivity contribution in [2.75, 3.05) is 4.90 Å². The fourth-order valence-corrected chi connectivity index (χ4v) is 8.57. The second kappa shape index (κ2) is 11.8. The molecule has 1 aromatic heterocycles. The molecule has 10 rings (SSSR count). The van der Waals surface area contributed by atoms with E-state index in [1.54, 1.807) is 0 Å². The van der Waals surface area contributed by atoms with Crippen molar-refractivity contribution in [1.29, 1.82) is 0 Å². The van der Waals surface area contributed by atoms with Crippen LogP contribution in [0, 0.1) is 0 Å². The molecule has 9 aromatic rings. The van der Waals surface area contributed by atoms with Crippen LogP contribution in [-0.2, 0) is 5.54 Å². The molecule has 0 spiro atoms. The summed E-state index contributed by atoms with van der Waals surface area (Å²) in [6.45, 7) is 0. The zero-order chi connectivity index (χ0) is 33.8. The maximum atomic E-state index is 2.63. The minimum absolute atomic E-state index is 0.603. The van der Waals surface area contributed by atoms with Gasteiger partial charge in [-0.15, -0.1) is 0 Å². The highest BCUT2D eigenvalue weighted by Crippen LogP contribution is 2.56. The van der Waals surface area contributed by atoms with Gasteiger partial charge in [-0.05, 0) is 69.8 Å². The van der Waals surface area contributed by atoms with Gasteiger partial charge in [-0.3, -0.25) is 0 Å². The first kappa shape index (κ1) is 29.3. The number of hydrogen-bond donors (Lipinski definition) is 0. The van der Waals surface area contributed by atoms with Gasteiger partial charge >= 0.3 is 0 Å². The van der Waals surface area contributed by atoms with Crippen LogP contribution >= 0.6 is 0 Å². The molecule has 2 heteroatoms. The first-order valence-electron chi connectivity index (χ1n) is 17.6. The second-order valence-corrected chi connectivity index (χ2v) is 13.3. The van der Waals surface area contributed by atoms with Gasteiger partial charge in [0, 0.05) is 27.7 Å². The summed E-state index contributed by atoms with van der Waals surface area (Å²) in [6.07, 6.45) is 0. The number of aromatic nitrogens is 1. The molecular weight excluding hydrogens is 617 g/mol. The van der Waals surface area contributed by atoms with E-state index in [9.17, 15) is 0 Å². The van der Waals surface area contributed by atoms with Gasteiger partial charge in [-0.25, -0.2) is 0 Å². The van der Waals surface area contributed by atoms with Crippen LogP contribution in [0.3, 0.4) is 0 Å². The molecule has 0 saturated heterocycles. The summed E-state index contributed by atoms with van der Waals surface area (Å²) < 4.78 is 2.63. The van der Waals surface area contributed by atoms with Crippen molar-refractivity contribution in [2.45, 2.75) is 5.54 Å². The number of fused-ring (bicyclic) bond motifs is 6. The molecule has 0 bridgehead atoms. The molecule has 51 heavy (non-hydrogen) atoms. The highest BCUT2D eigenvalue weighted by Gasteiger charge is 2.47. The molecule has 2 nitrogen and oxygen atoms in total. The van der Waals surface area contributed by atoms with Gasteiger partial charge in [0.1, 0.15) is 5.54 Å². The van der Waals surface area contributed by atoms with Crippen LogP contribution in [0.4, 0.5) is 17.1 Å². The van der Waals surface area contributed by atoms with E-state index in [0.29, 0.717) is 0 Å². The molecule has 0 fully saturated rings. The van der Waals surface area contributed by atoms with Crippen molar-refractivity contribution in [1.82, 2.24) is 4.57 Å². The van der Waals surface area contributed by atoms with Crippen LogP contribution in [0.25, 0.3) is 44.1 Å². The predicted molar refractivity (Wildman–Crippen MR) is 213 cm³/mol. The van der Waals surface area contributed by atoms with Crippen LogP contribution in [0.15, 0.2) is 206 Å². The van der Waals surface area contributed by atoms with Gasteiger partial charge < -0.3 is 9.47 Å². The summed E-state index contributed by atoms with van der Waals surface area (Å²) in [4.78, 5) is 2.41. The Bertz CT molecular complexity index is 2640. The molecule has 1 aliphatic rings. The Labute approximate surface area is 298 Å². The fraction of sp³-hybridized carbons (Fsp3) is 0.0204. The Kier molecular flexibility index (Phi) is 6.75.